The van der Waals surface area contributed by atoms with E-state index in [1.807, 2.05) is 19.1 Å². The number of halogens is 1. The number of carbonyl (C=O) groups is 1. The van der Waals surface area contributed by atoms with Gasteiger partial charge < -0.3 is 10.6 Å². The zero-order valence-corrected chi connectivity index (χ0v) is 10.7. The van der Waals surface area contributed by atoms with Crippen LogP contribution in [0.3, 0.4) is 0 Å². The molecule has 0 aliphatic carbocycles. The number of aryl methyl sites for hydroxylation is 1. The minimum absolute atomic E-state index is 0.0113. The van der Waals surface area contributed by atoms with E-state index < -0.39 is 0 Å². The normalized spacial score (nSPS) is 20.0. The Labute approximate surface area is 107 Å². The average molecular weight is 253 g/mol. The summed E-state index contributed by atoms with van der Waals surface area (Å²) in [7, 11) is 0. The minimum Gasteiger partial charge on any atom is -0.323 e. The summed E-state index contributed by atoms with van der Waals surface area (Å²) in [6.45, 7) is 2.89. The monoisotopic (exact) mass is 252 g/mol. The number of hydrogen-bond acceptors (Lipinski definition) is 2. The molecule has 1 unspecified atom stereocenters. The van der Waals surface area contributed by atoms with Gasteiger partial charge in [-0.3, -0.25) is 4.79 Å². The van der Waals surface area contributed by atoms with Gasteiger partial charge in [0.05, 0.1) is 16.8 Å². The fourth-order valence-electron chi connectivity index (χ4n) is 2.03. The molecule has 1 fully saturated rings. The number of amides is 1. The maximum absolute atomic E-state index is 12.0. The van der Waals surface area contributed by atoms with Gasteiger partial charge >= 0.3 is 0 Å². The average Bonchev–Trinajstić information content (AvgIpc) is 2.35. The molecule has 4 heteroatoms. The molecule has 1 aromatic rings. The van der Waals surface area contributed by atoms with Crippen molar-refractivity contribution < 1.29 is 4.79 Å². The van der Waals surface area contributed by atoms with Crippen molar-refractivity contribution in [2.75, 3.05) is 11.9 Å². The number of hydrogen-bond donors (Lipinski definition) is 2. The molecule has 92 valence electrons. The zero-order valence-electron chi connectivity index (χ0n) is 9.92. The predicted molar refractivity (Wildman–Crippen MR) is 70.5 cm³/mol. The van der Waals surface area contributed by atoms with Crippen molar-refractivity contribution in [1.29, 1.82) is 0 Å². The number of piperidine rings is 1. The van der Waals surface area contributed by atoms with Crippen LogP contribution in [0.15, 0.2) is 18.2 Å². The molecule has 1 aliphatic rings. The molecule has 0 saturated carbocycles. The lowest BCUT2D eigenvalue weighted by atomic mass is 10.0. The van der Waals surface area contributed by atoms with Crippen LogP contribution in [0.25, 0.3) is 0 Å². The summed E-state index contributed by atoms with van der Waals surface area (Å²) < 4.78 is 0. The van der Waals surface area contributed by atoms with Gasteiger partial charge in [0.25, 0.3) is 0 Å². The number of anilines is 1. The molecular formula is C13H17ClN2O. The molecule has 0 spiro atoms. The van der Waals surface area contributed by atoms with Crippen LogP contribution < -0.4 is 10.6 Å². The molecule has 17 heavy (non-hydrogen) atoms. The van der Waals surface area contributed by atoms with Crippen molar-refractivity contribution in [1.82, 2.24) is 5.32 Å². The first kappa shape index (κ1) is 12.4. The van der Waals surface area contributed by atoms with Gasteiger partial charge in [0.1, 0.15) is 0 Å². The van der Waals surface area contributed by atoms with Gasteiger partial charge in [-0.2, -0.15) is 0 Å². The molecular weight excluding hydrogens is 236 g/mol. The van der Waals surface area contributed by atoms with Crippen LogP contribution in [0.4, 0.5) is 5.69 Å². The number of benzene rings is 1. The molecule has 2 rings (SSSR count). The van der Waals surface area contributed by atoms with E-state index in [4.69, 9.17) is 11.6 Å². The molecule has 1 saturated heterocycles. The Morgan fingerprint density at radius 2 is 2.29 bits per heavy atom. The van der Waals surface area contributed by atoms with Crippen molar-refractivity contribution in [2.24, 2.45) is 0 Å². The molecule has 0 bridgehead atoms. The highest BCUT2D eigenvalue weighted by molar-refractivity contribution is 6.33. The SMILES string of the molecule is Cc1ccc(Cl)c(NC(=O)C2CCCCN2)c1. The lowest BCUT2D eigenvalue weighted by Crippen LogP contribution is -2.43. The van der Waals surface area contributed by atoms with Gasteiger partial charge in [0.15, 0.2) is 0 Å². The highest BCUT2D eigenvalue weighted by Gasteiger charge is 2.20. The van der Waals surface area contributed by atoms with Crippen LogP contribution in [0.2, 0.25) is 5.02 Å². The highest BCUT2D eigenvalue weighted by Crippen LogP contribution is 2.23. The lowest BCUT2D eigenvalue weighted by molar-refractivity contribution is -0.118. The van der Waals surface area contributed by atoms with E-state index in [9.17, 15) is 4.79 Å². The quantitative estimate of drug-likeness (QED) is 0.850. The molecule has 1 amide bonds. The van der Waals surface area contributed by atoms with Crippen molar-refractivity contribution in [3.63, 3.8) is 0 Å². The number of nitrogens with one attached hydrogen (secondary N) is 2. The Hall–Kier alpha value is -1.06. The van der Waals surface area contributed by atoms with E-state index in [1.54, 1.807) is 6.07 Å². The topological polar surface area (TPSA) is 41.1 Å². The van der Waals surface area contributed by atoms with E-state index in [-0.39, 0.29) is 11.9 Å². The Morgan fingerprint density at radius 1 is 1.47 bits per heavy atom. The predicted octanol–water partition coefficient (Wildman–Crippen LogP) is 2.73. The van der Waals surface area contributed by atoms with E-state index >= 15 is 0 Å². The Kier molecular flexibility index (Phi) is 4.02. The summed E-state index contributed by atoms with van der Waals surface area (Å²) >= 11 is 6.04. The standard InChI is InChI=1S/C13H17ClN2O/c1-9-5-6-10(14)12(8-9)16-13(17)11-4-2-3-7-15-11/h5-6,8,11,15H,2-4,7H2,1H3,(H,16,17). The van der Waals surface area contributed by atoms with Crippen LogP contribution in [-0.4, -0.2) is 18.5 Å². The second-order valence-electron chi connectivity index (χ2n) is 4.48. The lowest BCUT2D eigenvalue weighted by Gasteiger charge is -2.22. The summed E-state index contributed by atoms with van der Waals surface area (Å²) in [6.07, 6.45) is 3.15. The minimum atomic E-state index is -0.0830. The highest BCUT2D eigenvalue weighted by atomic mass is 35.5. The van der Waals surface area contributed by atoms with Crippen LogP contribution in [0.5, 0.6) is 0 Å². The Morgan fingerprint density at radius 3 is 3.00 bits per heavy atom. The first-order chi connectivity index (χ1) is 8.16. The summed E-state index contributed by atoms with van der Waals surface area (Å²) in [5, 5.41) is 6.69. The zero-order chi connectivity index (χ0) is 12.3. The van der Waals surface area contributed by atoms with Gasteiger partial charge in [-0.25, -0.2) is 0 Å². The second kappa shape index (κ2) is 5.52. The molecule has 1 atom stereocenters. The first-order valence-electron chi connectivity index (χ1n) is 5.97. The van der Waals surface area contributed by atoms with E-state index in [1.165, 1.54) is 0 Å². The number of rotatable bonds is 2. The fourth-order valence-corrected chi connectivity index (χ4v) is 2.20. The van der Waals surface area contributed by atoms with Crippen LogP contribution in [0, 0.1) is 6.92 Å². The fraction of sp³-hybridized carbons (Fsp3) is 0.462. The third kappa shape index (κ3) is 3.20. The maximum Gasteiger partial charge on any atom is 0.241 e. The van der Waals surface area contributed by atoms with Crippen molar-refractivity contribution in [3.8, 4) is 0 Å². The van der Waals surface area contributed by atoms with Gasteiger partial charge in [0.2, 0.25) is 5.91 Å². The van der Waals surface area contributed by atoms with Crippen molar-refractivity contribution in [2.45, 2.75) is 32.2 Å². The third-order valence-electron chi connectivity index (χ3n) is 3.01. The third-order valence-corrected chi connectivity index (χ3v) is 3.34. The molecule has 1 aromatic carbocycles. The van der Waals surface area contributed by atoms with Crippen molar-refractivity contribution >= 4 is 23.2 Å². The molecule has 0 aromatic heterocycles. The van der Waals surface area contributed by atoms with Crippen LogP contribution >= 0.6 is 11.6 Å². The van der Waals surface area contributed by atoms with Crippen molar-refractivity contribution in [3.05, 3.63) is 28.8 Å². The Balaban J connectivity index is 2.04. The molecule has 2 N–H and O–H groups in total. The first-order valence-corrected chi connectivity index (χ1v) is 6.35. The summed E-state index contributed by atoms with van der Waals surface area (Å²) in [6, 6.07) is 5.54. The summed E-state index contributed by atoms with van der Waals surface area (Å²) in [5.74, 6) is 0.0113. The maximum atomic E-state index is 12.0. The Bertz CT molecular complexity index is 414. The summed E-state index contributed by atoms with van der Waals surface area (Å²) in [4.78, 5) is 12.0. The van der Waals surface area contributed by atoms with E-state index in [2.05, 4.69) is 10.6 Å². The molecule has 0 radical (unpaired) electrons. The van der Waals surface area contributed by atoms with Gasteiger partial charge in [-0.05, 0) is 44.0 Å². The largest absolute Gasteiger partial charge is 0.323 e. The van der Waals surface area contributed by atoms with Crippen LogP contribution in [0.1, 0.15) is 24.8 Å². The second-order valence-corrected chi connectivity index (χ2v) is 4.88. The van der Waals surface area contributed by atoms with Gasteiger partial charge in [-0.1, -0.05) is 24.1 Å². The number of carbonyl (C=O) groups excluding carboxylic acids is 1. The summed E-state index contributed by atoms with van der Waals surface area (Å²) in [5.41, 5.74) is 1.78. The molecule has 3 nitrogen and oxygen atoms in total. The van der Waals surface area contributed by atoms with Gasteiger partial charge in [-0.15, -0.1) is 0 Å². The van der Waals surface area contributed by atoms with Crippen LogP contribution in [-0.2, 0) is 4.79 Å². The smallest absolute Gasteiger partial charge is 0.241 e. The molecule has 1 heterocycles. The molecule has 1 aliphatic heterocycles. The van der Waals surface area contributed by atoms with E-state index in [0.717, 1.165) is 31.4 Å². The van der Waals surface area contributed by atoms with E-state index in [0.29, 0.717) is 10.7 Å². The van der Waals surface area contributed by atoms with Gasteiger partial charge in [0, 0.05) is 0 Å².